The van der Waals surface area contributed by atoms with Crippen LogP contribution in [-0.2, 0) is 16.0 Å². The van der Waals surface area contributed by atoms with Crippen molar-refractivity contribution in [1.82, 2.24) is 15.6 Å². The summed E-state index contributed by atoms with van der Waals surface area (Å²) in [5.74, 6) is 0.134. The van der Waals surface area contributed by atoms with E-state index in [-0.39, 0.29) is 5.91 Å². The Kier molecular flexibility index (Phi) is 8.18. The SMILES string of the molecule is CC(C)(C)OC(=O)N[C@@H](Cc1ccccc1)C(=O)NCCNc1ncccc1C#N. The average Bonchev–Trinajstić information content (AvgIpc) is 2.70. The third-order valence-corrected chi connectivity index (χ3v) is 3.93. The molecular weight excluding hydrogens is 382 g/mol. The van der Waals surface area contributed by atoms with Crippen LogP contribution in [0.15, 0.2) is 48.7 Å². The van der Waals surface area contributed by atoms with Crippen molar-refractivity contribution in [2.45, 2.75) is 38.8 Å². The number of aromatic nitrogens is 1. The Morgan fingerprint density at radius 3 is 2.53 bits per heavy atom. The molecule has 1 heterocycles. The smallest absolute Gasteiger partial charge is 0.408 e. The first-order valence-corrected chi connectivity index (χ1v) is 9.68. The van der Waals surface area contributed by atoms with Gasteiger partial charge >= 0.3 is 6.09 Å². The minimum atomic E-state index is -0.785. The van der Waals surface area contributed by atoms with E-state index >= 15 is 0 Å². The number of hydrogen-bond donors (Lipinski definition) is 3. The van der Waals surface area contributed by atoms with Crippen LogP contribution >= 0.6 is 0 Å². The number of carbonyl (C=O) groups excluding carboxylic acids is 2. The number of ether oxygens (including phenoxy) is 1. The lowest BCUT2D eigenvalue weighted by Crippen LogP contribution is -2.50. The molecule has 30 heavy (non-hydrogen) atoms. The van der Waals surface area contributed by atoms with Crippen molar-refractivity contribution in [3.05, 3.63) is 59.8 Å². The lowest BCUT2D eigenvalue weighted by atomic mass is 10.1. The standard InChI is InChI=1S/C22H27N5O3/c1-22(2,3)30-21(29)27-18(14-16-8-5-4-6-9-16)20(28)26-13-12-25-19-17(15-23)10-7-11-24-19/h4-11,18H,12-14H2,1-3H3,(H,24,25)(H,26,28)(H,27,29)/t18-/m0/s1. The van der Waals surface area contributed by atoms with E-state index in [1.807, 2.05) is 30.3 Å². The summed E-state index contributed by atoms with van der Waals surface area (Å²) >= 11 is 0. The van der Waals surface area contributed by atoms with Gasteiger partial charge in [-0.05, 0) is 38.5 Å². The van der Waals surface area contributed by atoms with Crippen LogP contribution in [0.5, 0.6) is 0 Å². The Hall–Kier alpha value is -3.60. The van der Waals surface area contributed by atoms with Crippen molar-refractivity contribution in [3.8, 4) is 6.07 Å². The molecular formula is C22H27N5O3. The van der Waals surface area contributed by atoms with Gasteiger partial charge < -0.3 is 20.7 Å². The van der Waals surface area contributed by atoms with Gasteiger partial charge in [0.05, 0.1) is 5.56 Å². The highest BCUT2D eigenvalue weighted by Gasteiger charge is 2.24. The molecule has 1 aromatic carbocycles. The topological polar surface area (TPSA) is 116 Å². The molecule has 0 saturated heterocycles. The fourth-order valence-corrected chi connectivity index (χ4v) is 2.64. The van der Waals surface area contributed by atoms with Crippen LogP contribution in [-0.4, -0.2) is 41.7 Å². The quantitative estimate of drug-likeness (QED) is 0.577. The van der Waals surface area contributed by atoms with Gasteiger partial charge in [-0.25, -0.2) is 9.78 Å². The fourth-order valence-electron chi connectivity index (χ4n) is 2.64. The number of alkyl carbamates (subject to hydrolysis) is 1. The third-order valence-electron chi connectivity index (χ3n) is 3.93. The number of nitrogens with zero attached hydrogens (tertiary/aromatic N) is 2. The van der Waals surface area contributed by atoms with Crippen molar-refractivity contribution in [2.75, 3.05) is 18.4 Å². The van der Waals surface area contributed by atoms with Crippen molar-refractivity contribution in [1.29, 1.82) is 5.26 Å². The van der Waals surface area contributed by atoms with Gasteiger partial charge in [-0.15, -0.1) is 0 Å². The van der Waals surface area contributed by atoms with Gasteiger partial charge in [-0.1, -0.05) is 30.3 Å². The highest BCUT2D eigenvalue weighted by atomic mass is 16.6. The Labute approximate surface area is 176 Å². The predicted octanol–water partition coefficient (Wildman–Crippen LogP) is 2.62. The zero-order valence-corrected chi connectivity index (χ0v) is 17.4. The molecule has 3 N–H and O–H groups in total. The van der Waals surface area contributed by atoms with Gasteiger partial charge in [0.15, 0.2) is 0 Å². The molecule has 1 aromatic heterocycles. The van der Waals surface area contributed by atoms with E-state index in [9.17, 15) is 9.59 Å². The summed E-state index contributed by atoms with van der Waals surface area (Å²) in [6.45, 7) is 5.95. The lowest BCUT2D eigenvalue weighted by molar-refractivity contribution is -0.123. The van der Waals surface area contributed by atoms with E-state index in [0.29, 0.717) is 30.9 Å². The zero-order chi connectivity index (χ0) is 22.0. The number of amides is 2. The summed E-state index contributed by atoms with van der Waals surface area (Å²) in [5.41, 5.74) is 0.680. The van der Waals surface area contributed by atoms with Gasteiger partial charge in [0, 0.05) is 25.7 Å². The number of pyridine rings is 1. The molecule has 0 aliphatic heterocycles. The zero-order valence-electron chi connectivity index (χ0n) is 17.4. The van der Waals surface area contributed by atoms with Crippen molar-refractivity contribution in [2.24, 2.45) is 0 Å². The molecule has 0 bridgehead atoms. The molecule has 0 spiro atoms. The minimum Gasteiger partial charge on any atom is -0.444 e. The second kappa shape index (κ2) is 10.8. The Morgan fingerprint density at radius 1 is 1.13 bits per heavy atom. The number of hydrogen-bond acceptors (Lipinski definition) is 6. The van der Waals surface area contributed by atoms with Crippen LogP contribution < -0.4 is 16.0 Å². The van der Waals surface area contributed by atoms with Crippen LogP contribution in [0.3, 0.4) is 0 Å². The summed E-state index contributed by atoms with van der Waals surface area (Å²) in [4.78, 5) is 29.0. The summed E-state index contributed by atoms with van der Waals surface area (Å²) in [6.07, 6.45) is 1.27. The monoisotopic (exact) mass is 409 g/mol. The van der Waals surface area contributed by atoms with Crippen LogP contribution in [0.2, 0.25) is 0 Å². The molecule has 1 atom stereocenters. The number of anilines is 1. The summed E-state index contributed by atoms with van der Waals surface area (Å²) in [7, 11) is 0. The van der Waals surface area contributed by atoms with Crippen LogP contribution in [0.4, 0.5) is 10.6 Å². The van der Waals surface area contributed by atoms with Gasteiger partial charge in [0.25, 0.3) is 0 Å². The van der Waals surface area contributed by atoms with Crippen molar-refractivity contribution < 1.29 is 14.3 Å². The molecule has 2 aromatic rings. The lowest BCUT2D eigenvalue weighted by Gasteiger charge is -2.23. The van der Waals surface area contributed by atoms with E-state index in [4.69, 9.17) is 10.00 Å². The highest BCUT2D eigenvalue weighted by molar-refractivity contribution is 5.86. The molecule has 0 aliphatic rings. The minimum absolute atomic E-state index is 0.293. The largest absolute Gasteiger partial charge is 0.444 e. The van der Waals surface area contributed by atoms with E-state index in [1.54, 1.807) is 39.1 Å². The molecule has 2 rings (SSSR count). The Balaban J connectivity index is 1.94. The van der Waals surface area contributed by atoms with Crippen LogP contribution in [0, 0.1) is 11.3 Å². The molecule has 8 nitrogen and oxygen atoms in total. The van der Waals surface area contributed by atoms with Crippen LogP contribution in [0.1, 0.15) is 31.9 Å². The maximum atomic E-state index is 12.7. The number of benzene rings is 1. The molecule has 0 saturated carbocycles. The van der Waals surface area contributed by atoms with E-state index in [2.05, 4.69) is 27.0 Å². The normalized spacial score (nSPS) is 11.7. The average molecular weight is 409 g/mol. The van der Waals surface area contributed by atoms with Gasteiger partial charge in [-0.3, -0.25) is 4.79 Å². The summed E-state index contributed by atoms with van der Waals surface area (Å²) in [6, 6.07) is 14.0. The molecule has 0 fully saturated rings. The van der Waals surface area contributed by atoms with E-state index in [0.717, 1.165) is 5.56 Å². The Morgan fingerprint density at radius 2 is 1.87 bits per heavy atom. The van der Waals surface area contributed by atoms with Crippen LogP contribution in [0.25, 0.3) is 0 Å². The Bertz CT molecular complexity index is 888. The van der Waals surface area contributed by atoms with Crippen molar-refractivity contribution >= 4 is 17.8 Å². The number of nitriles is 1. The molecule has 2 amide bonds. The number of nitrogens with one attached hydrogen (secondary N) is 3. The molecule has 0 radical (unpaired) electrons. The molecule has 0 unspecified atom stereocenters. The van der Waals surface area contributed by atoms with Gasteiger partial charge in [0.1, 0.15) is 23.5 Å². The molecule has 8 heteroatoms. The first-order chi connectivity index (χ1) is 14.3. The van der Waals surface area contributed by atoms with Crippen molar-refractivity contribution in [3.63, 3.8) is 0 Å². The predicted molar refractivity (Wildman–Crippen MR) is 114 cm³/mol. The second-order valence-corrected chi connectivity index (χ2v) is 7.62. The third kappa shape index (κ3) is 7.80. The number of carbonyl (C=O) groups is 2. The van der Waals surface area contributed by atoms with Gasteiger partial charge in [-0.2, -0.15) is 5.26 Å². The summed E-state index contributed by atoms with van der Waals surface area (Å²) < 4.78 is 5.28. The maximum absolute atomic E-state index is 12.7. The second-order valence-electron chi connectivity index (χ2n) is 7.62. The van der Waals surface area contributed by atoms with E-state index < -0.39 is 17.7 Å². The van der Waals surface area contributed by atoms with E-state index in [1.165, 1.54) is 0 Å². The van der Waals surface area contributed by atoms with Gasteiger partial charge in [0.2, 0.25) is 5.91 Å². The highest BCUT2D eigenvalue weighted by Crippen LogP contribution is 2.10. The first kappa shape index (κ1) is 22.7. The molecule has 158 valence electrons. The summed E-state index contributed by atoms with van der Waals surface area (Å²) in [5, 5.41) is 17.6. The molecule has 0 aliphatic carbocycles. The first-order valence-electron chi connectivity index (χ1n) is 9.68. The maximum Gasteiger partial charge on any atom is 0.408 e. The fraction of sp³-hybridized carbons (Fsp3) is 0.364. The number of rotatable bonds is 8.